The number of hydrogen-bond donors (Lipinski definition) is 4. The van der Waals surface area contributed by atoms with Crippen LogP contribution >= 0.6 is 0 Å². The fourth-order valence-corrected chi connectivity index (χ4v) is 9.13. The Morgan fingerprint density at radius 2 is 1.02 bits per heavy atom. The van der Waals surface area contributed by atoms with E-state index in [1.54, 1.807) is 24.3 Å². The lowest BCUT2D eigenvalue weighted by atomic mass is 9.85. The van der Waals surface area contributed by atoms with Gasteiger partial charge < -0.3 is 45.4 Å². The lowest BCUT2D eigenvalue weighted by molar-refractivity contribution is -0.140. The van der Waals surface area contributed by atoms with E-state index in [0.717, 1.165) is 29.7 Å². The number of alkyl carbamates (subject to hydrolysis) is 2. The minimum atomic E-state index is -0.903. The number of hydrogen-bond acceptors (Lipinski definition) is 9. The molecular formula is C48H62FN7O8. The Morgan fingerprint density at radius 1 is 0.609 bits per heavy atom. The number of benzene rings is 3. The third-order valence-electron chi connectivity index (χ3n) is 12.4. The first-order valence-corrected chi connectivity index (χ1v) is 22.0. The molecule has 15 nitrogen and oxygen atoms in total. The topological polar surface area (TPSA) is 179 Å². The number of anilines is 3. The summed E-state index contributed by atoms with van der Waals surface area (Å²) in [5.74, 6) is -1.73. The molecule has 0 aromatic heterocycles. The number of carbonyl (C=O) groups excluding carboxylic acids is 6. The van der Waals surface area contributed by atoms with Gasteiger partial charge in [-0.2, -0.15) is 0 Å². The van der Waals surface area contributed by atoms with E-state index in [4.69, 9.17) is 9.47 Å². The summed E-state index contributed by atoms with van der Waals surface area (Å²) in [6.45, 7) is 11.8. The molecule has 64 heavy (non-hydrogen) atoms. The zero-order valence-electron chi connectivity index (χ0n) is 38.0. The molecule has 3 fully saturated rings. The molecule has 0 bridgehead atoms. The molecule has 3 aliphatic heterocycles. The van der Waals surface area contributed by atoms with Crippen molar-refractivity contribution in [1.29, 1.82) is 0 Å². The smallest absolute Gasteiger partial charge is 0.407 e. The van der Waals surface area contributed by atoms with Gasteiger partial charge in [-0.15, -0.1) is 0 Å². The maximum atomic E-state index is 14.3. The van der Waals surface area contributed by atoms with Gasteiger partial charge in [0, 0.05) is 30.2 Å². The highest BCUT2D eigenvalue weighted by Gasteiger charge is 2.44. The van der Waals surface area contributed by atoms with Gasteiger partial charge in [0.1, 0.15) is 30.0 Å². The maximum Gasteiger partial charge on any atom is 0.407 e. The second-order valence-electron chi connectivity index (χ2n) is 19.0. The van der Waals surface area contributed by atoms with Crippen molar-refractivity contribution in [1.82, 2.24) is 20.4 Å². The van der Waals surface area contributed by atoms with Gasteiger partial charge in [0.15, 0.2) is 0 Å². The van der Waals surface area contributed by atoms with Crippen molar-refractivity contribution in [3.8, 4) is 0 Å². The van der Waals surface area contributed by atoms with Gasteiger partial charge in [0.25, 0.3) is 0 Å². The maximum absolute atomic E-state index is 14.3. The highest BCUT2D eigenvalue weighted by molar-refractivity contribution is 6.00. The summed E-state index contributed by atoms with van der Waals surface area (Å²) in [6, 6.07) is 17.9. The number of methoxy groups -OCH3 is 2. The van der Waals surface area contributed by atoms with Crippen LogP contribution in [0.2, 0.25) is 0 Å². The van der Waals surface area contributed by atoms with Crippen LogP contribution in [0.4, 0.5) is 31.0 Å². The van der Waals surface area contributed by atoms with E-state index in [1.165, 1.54) is 36.2 Å². The lowest BCUT2D eigenvalue weighted by Gasteiger charge is -2.35. The number of rotatable bonds is 11. The molecule has 6 atom stereocenters. The highest BCUT2D eigenvalue weighted by Crippen LogP contribution is 2.47. The molecule has 3 aromatic rings. The van der Waals surface area contributed by atoms with Crippen molar-refractivity contribution in [2.24, 2.45) is 10.8 Å². The Balaban J connectivity index is 1.20. The summed E-state index contributed by atoms with van der Waals surface area (Å²) in [5.41, 5.74) is 2.47. The third kappa shape index (κ3) is 10.8. The molecule has 344 valence electrons. The van der Waals surface area contributed by atoms with Crippen LogP contribution in [0, 0.1) is 16.6 Å². The van der Waals surface area contributed by atoms with Gasteiger partial charge in [-0.3, -0.25) is 19.2 Å². The first-order chi connectivity index (χ1) is 30.3. The SMILES string of the molecule is COC(=O)N[C@H](C(=O)N1CCC[C@H]1C(=O)Nc1cccc([C@@H]2CC[C@@H](c3cccc(NC(=O)[C@@H]4CCCN4C(=O)[C@@H](NC(=O)OC)C(C)(C)C)c3)N2c2ccc(F)cc2)c1)C(C)(C)C. The van der Waals surface area contributed by atoms with Gasteiger partial charge in [0.2, 0.25) is 23.6 Å². The molecule has 0 unspecified atom stereocenters. The van der Waals surface area contributed by atoms with Crippen molar-refractivity contribution < 1.29 is 42.6 Å². The predicted molar refractivity (Wildman–Crippen MR) is 241 cm³/mol. The summed E-state index contributed by atoms with van der Waals surface area (Å²) in [7, 11) is 2.47. The second kappa shape index (κ2) is 19.7. The fraction of sp³-hybridized carbons (Fsp3) is 0.500. The van der Waals surface area contributed by atoms with Crippen molar-refractivity contribution in [3.05, 3.63) is 89.7 Å². The predicted octanol–water partition coefficient (Wildman–Crippen LogP) is 7.31. The van der Waals surface area contributed by atoms with Gasteiger partial charge in [-0.1, -0.05) is 65.8 Å². The summed E-state index contributed by atoms with van der Waals surface area (Å²) in [4.78, 5) is 85.1. The Bertz CT molecular complexity index is 2070. The first kappa shape index (κ1) is 47.3. The van der Waals surface area contributed by atoms with Crippen molar-refractivity contribution in [2.75, 3.05) is 42.8 Å². The molecule has 0 saturated carbocycles. The van der Waals surface area contributed by atoms with Crippen LogP contribution in [0.3, 0.4) is 0 Å². The lowest BCUT2D eigenvalue weighted by Crippen LogP contribution is -2.57. The van der Waals surface area contributed by atoms with Gasteiger partial charge in [-0.05, 0) is 109 Å². The van der Waals surface area contributed by atoms with Crippen LogP contribution in [0.15, 0.2) is 72.8 Å². The van der Waals surface area contributed by atoms with E-state index in [9.17, 15) is 33.2 Å². The van der Waals surface area contributed by atoms with Gasteiger partial charge in [0.05, 0.1) is 26.3 Å². The van der Waals surface area contributed by atoms with Crippen LogP contribution < -0.4 is 26.2 Å². The average molecular weight is 884 g/mol. The molecule has 3 saturated heterocycles. The van der Waals surface area contributed by atoms with Crippen LogP contribution in [-0.4, -0.2) is 97.1 Å². The molecule has 4 N–H and O–H groups in total. The monoisotopic (exact) mass is 883 g/mol. The van der Waals surface area contributed by atoms with E-state index in [1.807, 2.05) is 77.9 Å². The van der Waals surface area contributed by atoms with E-state index in [0.29, 0.717) is 50.1 Å². The Hall–Kier alpha value is -6.19. The summed E-state index contributed by atoms with van der Waals surface area (Å²) >= 11 is 0. The van der Waals surface area contributed by atoms with Crippen molar-refractivity contribution in [3.63, 3.8) is 0 Å². The van der Waals surface area contributed by atoms with Crippen LogP contribution in [0.25, 0.3) is 0 Å². The number of carbonyl (C=O) groups is 6. The summed E-state index contributed by atoms with van der Waals surface area (Å²) in [5, 5.41) is 11.4. The number of halogens is 1. The van der Waals surface area contributed by atoms with E-state index in [-0.39, 0.29) is 41.5 Å². The van der Waals surface area contributed by atoms with Gasteiger partial charge in [-0.25, -0.2) is 14.0 Å². The fourth-order valence-electron chi connectivity index (χ4n) is 9.13. The molecule has 0 spiro atoms. The minimum absolute atomic E-state index is 0.181. The third-order valence-corrected chi connectivity index (χ3v) is 12.4. The summed E-state index contributed by atoms with van der Waals surface area (Å²) in [6.07, 6.45) is 2.19. The van der Waals surface area contributed by atoms with Crippen LogP contribution in [0.5, 0.6) is 0 Å². The first-order valence-electron chi connectivity index (χ1n) is 22.0. The second-order valence-corrected chi connectivity index (χ2v) is 19.0. The molecule has 6 amide bonds. The average Bonchev–Trinajstić information content (AvgIpc) is 4.05. The normalized spacial score (nSPS) is 20.9. The quantitative estimate of drug-likeness (QED) is 0.154. The number of likely N-dealkylation sites (tertiary alicyclic amines) is 2. The van der Waals surface area contributed by atoms with Crippen LogP contribution in [0.1, 0.15) is 103 Å². The standard InChI is InChI=1S/C48H62FN7O8/c1-47(2,3)39(52-45(61)63-7)43(59)54-25-11-17-37(54)41(57)50-32-15-9-13-29(27-32)35-23-24-36(56(35)34-21-19-31(49)20-22-34)30-14-10-16-33(28-30)51-42(58)38-18-12-26-55(38)44(60)40(48(4,5)6)53-46(62)64-8/h9-10,13-16,19-22,27-28,35-40H,11-12,17-18,23-26H2,1-8H3,(H,50,57)(H,51,58)(H,52,61)(H,53,62)/t35-,36-,37-,38-,39+,40+/m0/s1. The number of nitrogens with zero attached hydrogens (tertiary/aromatic N) is 3. The Labute approximate surface area is 374 Å². The molecule has 3 heterocycles. The van der Waals surface area contributed by atoms with Crippen LogP contribution in [-0.2, 0) is 28.7 Å². The Kier molecular flexibility index (Phi) is 14.5. The van der Waals surface area contributed by atoms with Gasteiger partial charge >= 0.3 is 12.2 Å². The van der Waals surface area contributed by atoms with E-state index >= 15 is 0 Å². The zero-order chi connectivity index (χ0) is 46.5. The number of amides is 6. The highest BCUT2D eigenvalue weighted by atomic mass is 19.1. The number of nitrogens with one attached hydrogen (secondary N) is 4. The largest absolute Gasteiger partial charge is 0.453 e. The molecule has 6 rings (SSSR count). The van der Waals surface area contributed by atoms with Crippen molar-refractivity contribution in [2.45, 2.75) is 116 Å². The molecule has 16 heteroatoms. The molecule has 3 aromatic carbocycles. The number of ether oxygens (including phenoxy) is 2. The summed E-state index contributed by atoms with van der Waals surface area (Å²) < 4.78 is 23.9. The molecular weight excluding hydrogens is 822 g/mol. The minimum Gasteiger partial charge on any atom is -0.453 e. The van der Waals surface area contributed by atoms with E-state index < -0.39 is 47.2 Å². The Morgan fingerprint density at radius 3 is 1.39 bits per heavy atom. The van der Waals surface area contributed by atoms with E-state index in [2.05, 4.69) is 26.2 Å². The van der Waals surface area contributed by atoms with Crippen molar-refractivity contribution >= 4 is 52.9 Å². The molecule has 0 radical (unpaired) electrons. The zero-order valence-corrected chi connectivity index (χ0v) is 38.0. The molecule has 3 aliphatic rings. The molecule has 0 aliphatic carbocycles.